The Balaban J connectivity index is 6.34. The van der Waals surface area contributed by atoms with Crippen molar-refractivity contribution in [2.75, 3.05) is 44.9 Å². The molecule has 41 nitrogen and oxygen atoms in total. The molecule has 0 rings (SSSR count). The van der Waals surface area contributed by atoms with Gasteiger partial charge in [-0.3, -0.25) is 81.5 Å². The Labute approximate surface area is 618 Å². The van der Waals surface area contributed by atoms with Gasteiger partial charge in [-0.2, -0.15) is 11.8 Å². The first kappa shape index (κ1) is 96.6. The topological polar surface area (TPSA) is 681 Å². The van der Waals surface area contributed by atoms with E-state index in [1.165, 1.54) is 39.5 Å². The number of thioether (sulfide) groups is 1. The maximum Gasteiger partial charge on any atom is 0.326 e. The highest BCUT2D eigenvalue weighted by atomic mass is 32.2. The van der Waals surface area contributed by atoms with Crippen LogP contribution < -0.4 is 97.4 Å². The van der Waals surface area contributed by atoms with E-state index in [9.17, 15) is 107 Å². The molecule has 106 heavy (non-hydrogen) atoms. The van der Waals surface area contributed by atoms with Gasteiger partial charge in [0.2, 0.25) is 88.6 Å². The van der Waals surface area contributed by atoms with Crippen molar-refractivity contribution in [3.63, 3.8) is 0 Å². The number of carboxylic acid groups (broad SMARTS) is 3. The van der Waals surface area contributed by atoms with Crippen molar-refractivity contribution in [2.45, 2.75) is 236 Å². The lowest BCUT2D eigenvalue weighted by atomic mass is 9.99. The number of amides is 15. The Bertz CT molecular complexity index is 2990. The normalized spacial score (nSPS) is 15.1. The number of aliphatic hydroxyl groups excluding tert-OH is 2. The van der Waals surface area contributed by atoms with E-state index in [1.54, 1.807) is 34.0 Å². The molecule has 14 atom stereocenters. The molecule has 602 valence electrons. The van der Waals surface area contributed by atoms with Gasteiger partial charge in [0.1, 0.15) is 84.6 Å². The van der Waals surface area contributed by atoms with E-state index in [1.807, 2.05) is 0 Å². The number of aliphatic hydroxyl groups is 2. The van der Waals surface area contributed by atoms with Crippen molar-refractivity contribution < 1.29 is 112 Å². The van der Waals surface area contributed by atoms with Crippen molar-refractivity contribution in [3.05, 3.63) is 0 Å². The van der Waals surface area contributed by atoms with Crippen LogP contribution in [-0.4, -0.2) is 261 Å². The van der Waals surface area contributed by atoms with Crippen LogP contribution in [0.4, 0.5) is 0 Å². The van der Waals surface area contributed by atoms with E-state index < -0.39 is 243 Å². The van der Waals surface area contributed by atoms with Crippen molar-refractivity contribution in [1.82, 2.24) is 74.4 Å². The molecule has 0 aromatic rings. The van der Waals surface area contributed by atoms with Crippen LogP contribution >= 0.6 is 11.8 Å². The standard InChI is InChI=1S/C64H112N18O23S/c1-31(2)26-44(80-62(102)45(27-32(3)4)81-63(103)46(30-84)82-54(94)36(8)72-58(98)40(16-19-47(68)85)78-60(100)42(22-25-106-9)77-55(95)37(67)29-83)61(101)73-34(6)52(92)76-41(17-20-49(87)88)59(99)71-33(5)51(91)75-38(14-10-12-23-65)56(96)69-28-48(86)74-39(15-11-13-24-66)57(97)70-35(7)53(93)79-43(64(104)105)18-21-50(89)90/h31-46,83-84H,10-30,65-67H2,1-9H3,(H2,68,85)(H,69,96)(H,70,97)(H,71,99)(H,72,98)(H,73,101)(H,74,86)(H,75,91)(H,76,92)(H,77,95)(H,78,100)(H,79,93)(H,80,102)(H,81,103)(H,82,94)(H,87,88)(H,89,90)(H,104,105)/t33-,34-,35-,36-,37-,38-,39-,40-,41-,42-,43-,44-,45-,46-/m0/s1. The monoisotopic (exact) mass is 1530 g/mol. The number of carboxylic acids is 3. The second kappa shape index (κ2) is 51.7. The van der Waals surface area contributed by atoms with Crippen LogP contribution in [0.5, 0.6) is 0 Å². The average molecular weight is 1530 g/mol. The lowest BCUT2D eigenvalue weighted by molar-refractivity contribution is -0.143. The maximum absolute atomic E-state index is 14.1. The van der Waals surface area contributed by atoms with Crippen molar-refractivity contribution in [2.24, 2.45) is 34.8 Å². The van der Waals surface area contributed by atoms with Crippen LogP contribution in [0.3, 0.4) is 0 Å². The number of nitrogens with two attached hydrogens (primary N) is 4. The predicted molar refractivity (Wildman–Crippen MR) is 380 cm³/mol. The number of carbonyl (C=O) groups is 18. The van der Waals surface area contributed by atoms with Gasteiger partial charge >= 0.3 is 17.9 Å². The number of rotatable bonds is 55. The van der Waals surface area contributed by atoms with Gasteiger partial charge in [0.15, 0.2) is 0 Å². The largest absolute Gasteiger partial charge is 0.481 e. The number of primary amides is 1. The Kier molecular flexibility index (Phi) is 47.2. The van der Waals surface area contributed by atoms with Crippen LogP contribution in [0.1, 0.15) is 152 Å². The molecule has 0 bridgehead atoms. The molecule has 27 N–H and O–H groups in total. The molecular formula is C64H112N18O23S. The van der Waals surface area contributed by atoms with Gasteiger partial charge in [-0.05, 0) is 142 Å². The summed E-state index contributed by atoms with van der Waals surface area (Å²) in [4.78, 5) is 235. The average Bonchev–Trinajstić information content (AvgIpc) is 0.867. The minimum Gasteiger partial charge on any atom is -0.481 e. The maximum atomic E-state index is 14.1. The highest BCUT2D eigenvalue weighted by Gasteiger charge is 2.36. The minimum absolute atomic E-state index is 0.00622. The zero-order valence-corrected chi connectivity index (χ0v) is 62.2. The third-order valence-electron chi connectivity index (χ3n) is 15.7. The summed E-state index contributed by atoms with van der Waals surface area (Å²) in [5, 5.41) is 81.0. The molecule has 0 unspecified atom stereocenters. The van der Waals surface area contributed by atoms with Gasteiger partial charge in [-0.25, -0.2) is 4.79 Å². The van der Waals surface area contributed by atoms with E-state index >= 15 is 0 Å². The fourth-order valence-electron chi connectivity index (χ4n) is 9.66. The van der Waals surface area contributed by atoms with Crippen molar-refractivity contribution >= 4 is 118 Å². The summed E-state index contributed by atoms with van der Waals surface area (Å²) in [7, 11) is 0. The molecule has 0 aromatic carbocycles. The Morgan fingerprint density at radius 3 is 1.03 bits per heavy atom. The number of carbonyl (C=O) groups excluding carboxylic acids is 15. The smallest absolute Gasteiger partial charge is 0.326 e. The molecule has 0 spiro atoms. The third-order valence-corrected chi connectivity index (χ3v) is 16.4. The summed E-state index contributed by atoms with van der Waals surface area (Å²) < 4.78 is 0. The summed E-state index contributed by atoms with van der Waals surface area (Å²) in [6.45, 7) is 9.44. The molecule has 42 heteroatoms. The minimum atomic E-state index is -1.77. The second-order valence-corrected chi connectivity index (χ2v) is 27.0. The fourth-order valence-corrected chi connectivity index (χ4v) is 10.1. The Morgan fingerprint density at radius 1 is 0.349 bits per heavy atom. The molecule has 0 aromatic heterocycles. The Hall–Kier alpha value is -9.39. The molecule has 0 aliphatic heterocycles. The van der Waals surface area contributed by atoms with Gasteiger partial charge in [-0.15, -0.1) is 0 Å². The molecule has 0 saturated carbocycles. The van der Waals surface area contributed by atoms with E-state index in [0.717, 1.165) is 0 Å². The zero-order chi connectivity index (χ0) is 81.1. The number of hydrogen-bond donors (Lipinski definition) is 23. The summed E-state index contributed by atoms with van der Waals surface area (Å²) in [6.07, 6.45) is -0.137. The summed E-state index contributed by atoms with van der Waals surface area (Å²) in [5.74, 6) is -18.9. The Morgan fingerprint density at radius 2 is 0.660 bits per heavy atom. The van der Waals surface area contributed by atoms with Crippen LogP contribution in [0.25, 0.3) is 0 Å². The van der Waals surface area contributed by atoms with Gasteiger partial charge in [-0.1, -0.05) is 27.7 Å². The fraction of sp³-hybridized carbons (Fsp3) is 0.719. The first-order chi connectivity index (χ1) is 49.7. The lowest BCUT2D eigenvalue weighted by Gasteiger charge is -2.28. The quantitative estimate of drug-likeness (QED) is 0.0252. The highest BCUT2D eigenvalue weighted by Crippen LogP contribution is 2.13. The first-order valence-electron chi connectivity index (χ1n) is 34.7. The molecule has 0 aliphatic carbocycles. The zero-order valence-electron chi connectivity index (χ0n) is 61.4. The van der Waals surface area contributed by atoms with Crippen LogP contribution in [0.2, 0.25) is 0 Å². The van der Waals surface area contributed by atoms with Gasteiger partial charge in [0, 0.05) is 19.3 Å². The number of aliphatic carboxylic acids is 3. The highest BCUT2D eigenvalue weighted by molar-refractivity contribution is 7.98. The molecule has 15 amide bonds. The summed E-state index contributed by atoms with van der Waals surface area (Å²) in [6, 6.07) is -20.6. The number of unbranched alkanes of at least 4 members (excludes halogenated alkanes) is 2. The number of hydrogen-bond acceptors (Lipinski definition) is 24. The van der Waals surface area contributed by atoms with Crippen molar-refractivity contribution in [1.29, 1.82) is 0 Å². The van der Waals surface area contributed by atoms with Gasteiger partial charge in [0.05, 0.1) is 19.8 Å². The third kappa shape index (κ3) is 39.6. The molecule has 0 fully saturated rings. The SMILES string of the molecule is CSCC[C@H](NC(=O)[C@@H](N)CO)C(=O)N[C@@H](CCC(N)=O)C(=O)N[C@@H](C)C(=O)N[C@@H](CO)C(=O)N[C@@H](CC(C)C)C(=O)N[C@@H](CC(C)C)C(=O)N[C@@H](C)C(=O)N[C@@H](CCC(=O)O)C(=O)N[C@@H](C)C(=O)N[C@@H](CCCCN)C(=O)NCC(=O)N[C@@H](CCCCN)C(=O)N[C@@H](C)C(=O)N[C@@H](CCC(=O)O)C(=O)O. The van der Waals surface area contributed by atoms with E-state index in [2.05, 4.69) is 74.4 Å². The van der Waals surface area contributed by atoms with Crippen LogP contribution in [0, 0.1) is 11.8 Å². The van der Waals surface area contributed by atoms with Gasteiger partial charge < -0.3 is 123 Å². The van der Waals surface area contributed by atoms with Crippen molar-refractivity contribution in [3.8, 4) is 0 Å². The van der Waals surface area contributed by atoms with E-state index in [4.69, 9.17) is 28.0 Å². The molecule has 0 saturated heterocycles. The van der Waals surface area contributed by atoms with E-state index in [0.29, 0.717) is 25.0 Å². The molecule has 0 radical (unpaired) electrons. The second-order valence-electron chi connectivity index (χ2n) is 26.0. The molecular weight excluding hydrogens is 1420 g/mol. The van der Waals surface area contributed by atoms with Gasteiger partial charge in [0.25, 0.3) is 0 Å². The summed E-state index contributed by atoms with van der Waals surface area (Å²) in [5.41, 5.74) is 22.2. The lowest BCUT2D eigenvalue weighted by Crippen LogP contribution is -2.61. The predicted octanol–water partition coefficient (Wildman–Crippen LogP) is -8.02. The van der Waals surface area contributed by atoms with E-state index in [-0.39, 0.29) is 69.9 Å². The summed E-state index contributed by atoms with van der Waals surface area (Å²) >= 11 is 1.33. The van der Waals surface area contributed by atoms with Crippen LogP contribution in [-0.2, 0) is 86.3 Å². The first-order valence-corrected chi connectivity index (χ1v) is 36.1. The molecule has 0 heterocycles. The molecule has 0 aliphatic rings. The number of nitrogens with one attached hydrogen (secondary N) is 14. The van der Waals surface area contributed by atoms with Crippen LogP contribution in [0.15, 0.2) is 0 Å².